The fraction of sp³-hybridized carbons (Fsp3) is 0.167. The van der Waals surface area contributed by atoms with Crippen molar-refractivity contribution in [3.8, 4) is 28.7 Å². The molecule has 5 rings (SSSR count). The second-order valence-corrected chi connectivity index (χ2v) is 9.43. The van der Waals surface area contributed by atoms with E-state index in [4.69, 9.17) is 15.3 Å². The van der Waals surface area contributed by atoms with Crippen LogP contribution in [0.5, 0.6) is 28.7 Å². The molecule has 0 spiro atoms. The summed E-state index contributed by atoms with van der Waals surface area (Å²) in [6.45, 7) is 8.26. The maximum absolute atomic E-state index is 9.28. The quantitative estimate of drug-likeness (QED) is 0.150. The van der Waals surface area contributed by atoms with Gasteiger partial charge in [-0.05, 0) is 71.5 Å². The Morgan fingerprint density at radius 3 is 0.683 bits per heavy atom. The molecule has 0 amide bonds. The Hall–Kier alpha value is -4.90. The molecule has 5 N–H and O–H groups in total. The van der Waals surface area contributed by atoms with Gasteiger partial charge in [0.05, 0.1) is 0 Å². The summed E-state index contributed by atoms with van der Waals surface area (Å²) in [6, 6.07) is 41.0. The Morgan fingerprint density at radius 1 is 0.317 bits per heavy atom. The summed E-state index contributed by atoms with van der Waals surface area (Å²) in [4.78, 5) is 0. The number of para-hydroxylation sites is 5. The van der Waals surface area contributed by atoms with Gasteiger partial charge in [0.25, 0.3) is 0 Å². The van der Waals surface area contributed by atoms with E-state index in [1.54, 1.807) is 84.9 Å². The van der Waals surface area contributed by atoms with Gasteiger partial charge in [-0.15, -0.1) is 0 Å². The molecule has 0 aromatic heterocycles. The van der Waals surface area contributed by atoms with Crippen molar-refractivity contribution in [1.82, 2.24) is 0 Å². The Balaban J connectivity index is 0.000000259. The molecule has 216 valence electrons. The molecule has 0 aliphatic heterocycles. The Kier molecular flexibility index (Phi) is 16.7. The zero-order chi connectivity index (χ0) is 30.5. The Morgan fingerprint density at radius 2 is 0.537 bits per heavy atom. The van der Waals surface area contributed by atoms with E-state index in [1.165, 1.54) is 0 Å². The lowest BCUT2D eigenvalue weighted by molar-refractivity contribution is 0.464. The monoisotopic (exact) mass is 554 g/mol. The van der Waals surface area contributed by atoms with Crippen LogP contribution in [0.1, 0.15) is 50.7 Å². The first kappa shape index (κ1) is 34.1. The number of aromatic hydroxyl groups is 5. The van der Waals surface area contributed by atoms with Crippen LogP contribution in [0.4, 0.5) is 0 Å². The summed E-state index contributed by atoms with van der Waals surface area (Å²) in [6.07, 6.45) is 0. The highest BCUT2D eigenvalue weighted by atomic mass is 16.3. The molecule has 0 unspecified atom stereocenters. The van der Waals surface area contributed by atoms with Crippen molar-refractivity contribution >= 4 is 0 Å². The zero-order valence-corrected chi connectivity index (χ0v) is 24.2. The molecule has 5 nitrogen and oxygen atoms in total. The molecule has 0 saturated heterocycles. The van der Waals surface area contributed by atoms with Gasteiger partial charge in [-0.3, -0.25) is 0 Å². The van der Waals surface area contributed by atoms with Gasteiger partial charge in [-0.1, -0.05) is 119 Å². The molecule has 0 radical (unpaired) electrons. The molecule has 0 saturated carbocycles. The van der Waals surface area contributed by atoms with Gasteiger partial charge in [0.15, 0.2) is 0 Å². The number of rotatable bonds is 2. The first-order chi connectivity index (χ1) is 19.6. The summed E-state index contributed by atoms with van der Waals surface area (Å²) < 4.78 is 0. The van der Waals surface area contributed by atoms with E-state index in [2.05, 4.69) is 27.7 Å². The molecule has 5 heteroatoms. The molecule has 41 heavy (non-hydrogen) atoms. The van der Waals surface area contributed by atoms with Crippen LogP contribution >= 0.6 is 0 Å². The minimum atomic E-state index is 0.322. The molecule has 0 fully saturated rings. The summed E-state index contributed by atoms with van der Waals surface area (Å²) in [5, 5.41) is 44.5. The van der Waals surface area contributed by atoms with Gasteiger partial charge in [-0.25, -0.2) is 0 Å². The Bertz CT molecular complexity index is 1180. The van der Waals surface area contributed by atoms with Crippen LogP contribution in [0.25, 0.3) is 0 Å². The van der Waals surface area contributed by atoms with E-state index in [0.29, 0.717) is 40.6 Å². The highest BCUT2D eigenvalue weighted by Gasteiger charge is 2.02. The summed E-state index contributed by atoms with van der Waals surface area (Å²) in [5.74, 6) is 2.57. The van der Waals surface area contributed by atoms with Crippen LogP contribution in [0, 0.1) is 0 Å². The molecule has 5 aromatic carbocycles. The summed E-state index contributed by atoms with van der Waals surface area (Å²) >= 11 is 0. The van der Waals surface area contributed by atoms with E-state index < -0.39 is 0 Å². The lowest BCUT2D eigenvalue weighted by Crippen LogP contribution is -1.85. The lowest BCUT2D eigenvalue weighted by Gasteiger charge is -2.05. The van der Waals surface area contributed by atoms with Crippen molar-refractivity contribution in [3.05, 3.63) is 151 Å². The van der Waals surface area contributed by atoms with Crippen LogP contribution in [0.3, 0.4) is 0 Å². The van der Waals surface area contributed by atoms with Gasteiger partial charge in [0.2, 0.25) is 0 Å². The lowest BCUT2D eigenvalue weighted by atomic mass is 10.0. The second kappa shape index (κ2) is 20.1. The van der Waals surface area contributed by atoms with Crippen LogP contribution in [-0.4, -0.2) is 25.5 Å². The van der Waals surface area contributed by atoms with Crippen molar-refractivity contribution < 1.29 is 25.5 Å². The highest BCUT2D eigenvalue weighted by Crippen LogP contribution is 2.24. The average Bonchev–Trinajstić information content (AvgIpc) is 2.96. The first-order valence-corrected chi connectivity index (χ1v) is 13.4. The molecule has 0 bridgehead atoms. The van der Waals surface area contributed by atoms with Crippen LogP contribution < -0.4 is 0 Å². The van der Waals surface area contributed by atoms with Crippen LogP contribution in [-0.2, 0) is 0 Å². The van der Waals surface area contributed by atoms with Gasteiger partial charge >= 0.3 is 0 Å². The maximum Gasteiger partial charge on any atom is 0.119 e. The first-order valence-electron chi connectivity index (χ1n) is 13.4. The highest BCUT2D eigenvalue weighted by molar-refractivity contribution is 5.34. The standard InChI is InChI=1S/2C9H12O.3C6H6O/c2*1-7(2)8-5-3-4-6-9(8)10;3*7-6-4-2-1-3-5-6/h2*3-7,10H,1-2H3;3*1-5,7H. The van der Waals surface area contributed by atoms with Crippen LogP contribution in [0.15, 0.2) is 140 Å². The fourth-order valence-corrected chi connectivity index (χ4v) is 3.24. The van der Waals surface area contributed by atoms with Gasteiger partial charge in [0, 0.05) is 0 Å². The molecule has 0 heterocycles. The van der Waals surface area contributed by atoms with Crippen molar-refractivity contribution in [2.24, 2.45) is 0 Å². The van der Waals surface area contributed by atoms with Gasteiger partial charge in [0.1, 0.15) is 28.7 Å². The third-order valence-corrected chi connectivity index (χ3v) is 5.39. The number of benzene rings is 5. The molecule has 5 aromatic rings. The third-order valence-electron chi connectivity index (χ3n) is 5.39. The summed E-state index contributed by atoms with van der Waals surface area (Å²) in [5.41, 5.74) is 2.03. The van der Waals surface area contributed by atoms with Crippen molar-refractivity contribution in [3.63, 3.8) is 0 Å². The van der Waals surface area contributed by atoms with Gasteiger partial charge in [-0.2, -0.15) is 0 Å². The molecular formula is C36H42O5. The smallest absolute Gasteiger partial charge is 0.119 e. The zero-order valence-electron chi connectivity index (χ0n) is 24.2. The predicted octanol–water partition coefficient (Wildman–Crippen LogP) is 9.21. The number of phenols is 5. The van der Waals surface area contributed by atoms with Crippen molar-refractivity contribution in [2.45, 2.75) is 39.5 Å². The topological polar surface area (TPSA) is 101 Å². The number of hydrogen-bond acceptors (Lipinski definition) is 5. The normalized spacial score (nSPS) is 9.41. The minimum absolute atomic E-state index is 0.322. The van der Waals surface area contributed by atoms with Crippen molar-refractivity contribution in [2.75, 3.05) is 0 Å². The molecule has 0 atom stereocenters. The molecular weight excluding hydrogens is 512 g/mol. The molecule has 0 aliphatic rings. The minimum Gasteiger partial charge on any atom is -0.508 e. The van der Waals surface area contributed by atoms with Gasteiger partial charge < -0.3 is 25.5 Å². The van der Waals surface area contributed by atoms with E-state index in [0.717, 1.165) is 11.1 Å². The average molecular weight is 555 g/mol. The van der Waals surface area contributed by atoms with Crippen molar-refractivity contribution in [1.29, 1.82) is 0 Å². The SMILES string of the molecule is CC(C)c1ccccc1O.CC(C)c1ccccc1O.Oc1ccccc1.Oc1ccccc1.Oc1ccccc1. The van der Waals surface area contributed by atoms with E-state index >= 15 is 0 Å². The van der Waals surface area contributed by atoms with Crippen LogP contribution in [0.2, 0.25) is 0 Å². The van der Waals surface area contributed by atoms with E-state index in [1.807, 2.05) is 54.6 Å². The van der Waals surface area contributed by atoms with E-state index in [-0.39, 0.29) is 0 Å². The predicted molar refractivity (Wildman–Crippen MR) is 169 cm³/mol. The van der Waals surface area contributed by atoms with E-state index in [9.17, 15) is 10.2 Å². The molecule has 0 aliphatic carbocycles. The largest absolute Gasteiger partial charge is 0.508 e. The Labute approximate surface area is 244 Å². The third kappa shape index (κ3) is 16.0. The second-order valence-electron chi connectivity index (χ2n) is 9.43. The fourth-order valence-electron chi connectivity index (χ4n) is 3.24. The number of hydrogen-bond donors (Lipinski definition) is 5. The maximum atomic E-state index is 9.28. The number of phenolic OH excluding ortho intramolecular Hbond substituents is 5. The summed E-state index contributed by atoms with van der Waals surface area (Å²) in [7, 11) is 0.